The zero-order chi connectivity index (χ0) is 12.4. The van der Waals surface area contributed by atoms with Gasteiger partial charge in [-0.3, -0.25) is 15.0 Å². The van der Waals surface area contributed by atoms with Crippen LogP contribution in [0.5, 0.6) is 5.75 Å². The van der Waals surface area contributed by atoms with Gasteiger partial charge in [-0.2, -0.15) is 0 Å². The maximum atomic E-state index is 11.4. The molecule has 2 N–H and O–H groups in total. The molecule has 2 aliphatic rings. The van der Waals surface area contributed by atoms with Crippen molar-refractivity contribution in [1.82, 2.24) is 5.43 Å². The van der Waals surface area contributed by atoms with E-state index in [1.807, 2.05) is 19.1 Å². The third-order valence-electron chi connectivity index (χ3n) is 2.39. The summed E-state index contributed by atoms with van der Waals surface area (Å²) in [5.74, 6) is -1.02. The second kappa shape index (κ2) is 4.32. The number of hydrogen-bond acceptors (Lipinski definition) is 4. The topological polar surface area (TPSA) is 78.9 Å². The fourth-order valence-electron chi connectivity index (χ4n) is 1.65. The third kappa shape index (κ3) is 2.47. The number of nitrogens with zero attached hydrogens (tertiary/aromatic N) is 1. The molecule has 0 unspecified atom stereocenters. The van der Waals surface area contributed by atoms with E-state index in [9.17, 15) is 9.59 Å². The highest BCUT2D eigenvalue weighted by atomic mass is 16.5. The van der Waals surface area contributed by atoms with E-state index in [0.29, 0.717) is 0 Å². The Morgan fingerprint density at radius 1 is 1.53 bits per heavy atom. The van der Waals surface area contributed by atoms with Crippen molar-refractivity contribution in [3.8, 4) is 5.75 Å². The van der Waals surface area contributed by atoms with Crippen LogP contribution in [0.3, 0.4) is 0 Å². The normalized spacial score (nSPS) is 12.9. The first-order valence-corrected chi connectivity index (χ1v) is 5.08. The molecular weight excluding hydrogens is 224 g/mol. The summed E-state index contributed by atoms with van der Waals surface area (Å²) in [5.41, 5.74) is 4.24. The Balaban J connectivity index is 2.11. The second-order valence-electron chi connectivity index (χ2n) is 3.76. The third-order valence-corrected chi connectivity index (χ3v) is 2.39. The molecule has 1 amide bonds. The summed E-state index contributed by atoms with van der Waals surface area (Å²) in [7, 11) is 0. The Hall–Kier alpha value is -2.24. The molecule has 6 nitrogen and oxygen atoms in total. The Morgan fingerprint density at radius 2 is 2.29 bits per heavy atom. The fourth-order valence-corrected chi connectivity index (χ4v) is 1.65. The lowest BCUT2D eigenvalue weighted by Crippen LogP contribution is -2.44. The number of benzene rings is 1. The summed E-state index contributed by atoms with van der Waals surface area (Å²) in [4.78, 5) is 21.8. The van der Waals surface area contributed by atoms with Gasteiger partial charge < -0.3 is 9.84 Å². The summed E-state index contributed by atoms with van der Waals surface area (Å²) in [6, 6.07) is 5.48. The maximum absolute atomic E-state index is 11.4. The van der Waals surface area contributed by atoms with Crippen molar-refractivity contribution in [3.63, 3.8) is 0 Å². The number of carboxylic acid groups (broad SMARTS) is 1. The molecule has 0 saturated carbocycles. The van der Waals surface area contributed by atoms with Gasteiger partial charge in [0.2, 0.25) is 5.91 Å². The van der Waals surface area contributed by atoms with Gasteiger partial charge in [-0.15, -0.1) is 0 Å². The molecule has 0 spiro atoms. The predicted molar refractivity (Wildman–Crippen MR) is 59.5 cm³/mol. The molecule has 1 aromatic carbocycles. The van der Waals surface area contributed by atoms with Gasteiger partial charge in [-0.1, -0.05) is 0 Å². The fraction of sp³-hybridized carbons (Fsp3) is 0.273. The SMILES string of the molecule is Cc1cc2ccc1N(NC(=O)CC(=O)O)CO2. The van der Waals surface area contributed by atoms with E-state index in [4.69, 9.17) is 9.84 Å². The van der Waals surface area contributed by atoms with Crippen LogP contribution in [0.1, 0.15) is 12.0 Å². The van der Waals surface area contributed by atoms with Crippen LogP contribution in [-0.2, 0) is 9.59 Å². The number of hydrogen-bond donors (Lipinski definition) is 2. The lowest BCUT2D eigenvalue weighted by Gasteiger charge is -2.22. The molecule has 2 bridgehead atoms. The van der Waals surface area contributed by atoms with Gasteiger partial charge in [0, 0.05) is 0 Å². The van der Waals surface area contributed by atoms with Crippen molar-refractivity contribution in [1.29, 1.82) is 0 Å². The summed E-state index contributed by atoms with van der Waals surface area (Å²) < 4.78 is 5.38. The predicted octanol–water partition coefficient (Wildman–Crippen LogP) is 0.657. The van der Waals surface area contributed by atoms with Crippen molar-refractivity contribution < 1.29 is 19.4 Å². The van der Waals surface area contributed by atoms with Gasteiger partial charge in [0.15, 0.2) is 6.73 Å². The highest BCUT2D eigenvalue weighted by Gasteiger charge is 2.18. The molecule has 1 aromatic rings. The van der Waals surface area contributed by atoms with Crippen LogP contribution >= 0.6 is 0 Å². The zero-order valence-electron chi connectivity index (χ0n) is 9.27. The zero-order valence-corrected chi connectivity index (χ0v) is 9.27. The highest BCUT2D eigenvalue weighted by Crippen LogP contribution is 2.27. The van der Waals surface area contributed by atoms with E-state index in [1.165, 1.54) is 5.01 Å². The second-order valence-corrected chi connectivity index (χ2v) is 3.76. The van der Waals surface area contributed by atoms with Crippen LogP contribution in [0.25, 0.3) is 0 Å². The van der Waals surface area contributed by atoms with Gasteiger partial charge in [-0.25, -0.2) is 5.01 Å². The Morgan fingerprint density at radius 3 is 2.94 bits per heavy atom. The number of aryl methyl sites for hydroxylation is 1. The number of carbonyl (C=O) groups excluding carboxylic acids is 1. The van der Waals surface area contributed by atoms with E-state index >= 15 is 0 Å². The summed E-state index contributed by atoms with van der Waals surface area (Å²) >= 11 is 0. The quantitative estimate of drug-likeness (QED) is 0.753. The van der Waals surface area contributed by atoms with Gasteiger partial charge in [-0.05, 0) is 30.7 Å². The van der Waals surface area contributed by atoms with Crippen LogP contribution in [0.4, 0.5) is 5.69 Å². The highest BCUT2D eigenvalue weighted by molar-refractivity contribution is 5.94. The van der Waals surface area contributed by atoms with E-state index in [1.54, 1.807) is 6.07 Å². The Kier molecular flexibility index (Phi) is 2.86. The lowest BCUT2D eigenvalue weighted by molar-refractivity contribution is -0.140. The first-order chi connectivity index (χ1) is 8.06. The standard InChI is InChI=1S/C11H12N2O4/c1-7-4-8-2-3-9(7)13(6-17-8)12-10(14)5-11(15)16/h2-4H,5-6H2,1H3,(H,12,14)(H,15,16). The molecule has 0 aromatic heterocycles. The molecule has 17 heavy (non-hydrogen) atoms. The first kappa shape index (κ1) is 11.3. The van der Waals surface area contributed by atoms with Gasteiger partial charge >= 0.3 is 5.97 Å². The molecule has 0 fully saturated rings. The minimum absolute atomic E-state index is 0.164. The molecule has 0 aliphatic carbocycles. The summed E-state index contributed by atoms with van der Waals surface area (Å²) in [6.45, 7) is 2.06. The molecule has 2 aliphatic heterocycles. The summed E-state index contributed by atoms with van der Waals surface area (Å²) in [6.07, 6.45) is -0.563. The average molecular weight is 236 g/mol. The van der Waals surface area contributed by atoms with Crippen LogP contribution < -0.4 is 15.2 Å². The van der Waals surface area contributed by atoms with E-state index < -0.39 is 18.3 Å². The molecule has 0 atom stereocenters. The van der Waals surface area contributed by atoms with Crippen LogP contribution in [0.15, 0.2) is 18.2 Å². The number of aliphatic carboxylic acids is 1. The maximum Gasteiger partial charge on any atom is 0.312 e. The van der Waals surface area contributed by atoms with Crippen LogP contribution in [0.2, 0.25) is 0 Å². The van der Waals surface area contributed by atoms with E-state index in [-0.39, 0.29) is 6.73 Å². The molecule has 90 valence electrons. The molecule has 6 heteroatoms. The van der Waals surface area contributed by atoms with Crippen molar-refractivity contribution in [2.45, 2.75) is 13.3 Å². The number of rotatable bonds is 3. The van der Waals surface area contributed by atoms with E-state index in [2.05, 4.69) is 5.43 Å². The first-order valence-electron chi connectivity index (χ1n) is 5.08. The number of ether oxygens (including phenoxy) is 1. The Bertz CT molecular complexity index is 473. The average Bonchev–Trinajstić information content (AvgIpc) is 2.48. The number of anilines is 1. The smallest absolute Gasteiger partial charge is 0.312 e. The number of hydrazine groups is 1. The van der Waals surface area contributed by atoms with E-state index in [0.717, 1.165) is 17.0 Å². The molecule has 2 heterocycles. The minimum Gasteiger partial charge on any atom is -0.481 e. The lowest BCUT2D eigenvalue weighted by atomic mass is 10.2. The van der Waals surface area contributed by atoms with Gasteiger partial charge in [0.25, 0.3) is 0 Å². The van der Waals surface area contributed by atoms with Crippen molar-refractivity contribution in [3.05, 3.63) is 23.8 Å². The molecule has 0 saturated heterocycles. The van der Waals surface area contributed by atoms with Crippen molar-refractivity contribution in [2.24, 2.45) is 0 Å². The Labute approximate surface area is 97.8 Å². The molecule has 3 rings (SSSR count). The number of nitrogens with one attached hydrogen (secondary N) is 1. The molecule has 0 radical (unpaired) electrons. The largest absolute Gasteiger partial charge is 0.481 e. The minimum atomic E-state index is -1.16. The van der Waals surface area contributed by atoms with Crippen LogP contribution in [-0.4, -0.2) is 23.7 Å². The number of fused-ring (bicyclic) bond motifs is 4. The van der Waals surface area contributed by atoms with Gasteiger partial charge in [0.1, 0.15) is 12.2 Å². The number of amides is 1. The van der Waals surface area contributed by atoms with Crippen molar-refractivity contribution in [2.75, 3.05) is 11.7 Å². The van der Waals surface area contributed by atoms with Gasteiger partial charge in [0.05, 0.1) is 5.69 Å². The van der Waals surface area contributed by atoms with Crippen LogP contribution in [0, 0.1) is 6.92 Å². The number of carboxylic acids is 1. The molecular formula is C11H12N2O4. The van der Waals surface area contributed by atoms with Crippen molar-refractivity contribution >= 4 is 17.6 Å². The monoisotopic (exact) mass is 236 g/mol. The summed E-state index contributed by atoms with van der Waals surface area (Å²) in [5, 5.41) is 10.00. The number of carbonyl (C=O) groups is 2.